The average molecular weight is 254 g/mol. The van der Waals surface area contributed by atoms with Crippen LogP contribution in [0.25, 0.3) is 10.1 Å². The van der Waals surface area contributed by atoms with Crippen LogP contribution in [0.5, 0.6) is 0 Å². The van der Waals surface area contributed by atoms with Gasteiger partial charge in [0.25, 0.3) is 0 Å². The van der Waals surface area contributed by atoms with E-state index in [0.29, 0.717) is 5.03 Å². The van der Waals surface area contributed by atoms with Gasteiger partial charge in [-0.2, -0.15) is 4.37 Å². The second kappa shape index (κ2) is 4.50. The van der Waals surface area contributed by atoms with E-state index in [4.69, 9.17) is 5.11 Å². The first-order valence-corrected chi connectivity index (χ1v) is 5.82. The van der Waals surface area contributed by atoms with Gasteiger partial charge in [-0.3, -0.25) is 9.52 Å². The summed E-state index contributed by atoms with van der Waals surface area (Å²) in [7, 11) is 0. The Morgan fingerprint density at radius 3 is 2.88 bits per heavy atom. The van der Waals surface area contributed by atoms with Crippen molar-refractivity contribution < 1.29 is 14.7 Å². The van der Waals surface area contributed by atoms with Crippen LogP contribution in [0.1, 0.15) is 0 Å². The third kappa shape index (κ3) is 2.15. The number of hydrogen-bond donors (Lipinski definition) is 2. The Hall–Kier alpha value is -1.60. The SMILES string of the molecule is O=C(O)C(=O)NSc1nsc2ccccc12. The van der Waals surface area contributed by atoms with Gasteiger partial charge in [0, 0.05) is 17.3 Å². The van der Waals surface area contributed by atoms with Gasteiger partial charge < -0.3 is 5.11 Å². The Morgan fingerprint density at radius 1 is 1.38 bits per heavy atom. The van der Waals surface area contributed by atoms with Crippen molar-refractivity contribution in [2.75, 3.05) is 0 Å². The number of benzene rings is 1. The predicted octanol–water partition coefficient (Wildman–Crippen LogP) is 1.50. The van der Waals surface area contributed by atoms with Crippen molar-refractivity contribution in [3.05, 3.63) is 24.3 Å². The van der Waals surface area contributed by atoms with E-state index in [1.54, 1.807) is 0 Å². The zero-order chi connectivity index (χ0) is 11.5. The fraction of sp³-hybridized carbons (Fsp3) is 0. The van der Waals surface area contributed by atoms with Crippen LogP contribution in [0.4, 0.5) is 0 Å². The van der Waals surface area contributed by atoms with E-state index in [2.05, 4.69) is 9.10 Å². The van der Waals surface area contributed by atoms with Crippen molar-refractivity contribution in [3.8, 4) is 0 Å². The van der Waals surface area contributed by atoms with Gasteiger partial charge in [0.2, 0.25) is 0 Å². The molecule has 0 saturated carbocycles. The summed E-state index contributed by atoms with van der Waals surface area (Å²) in [5.41, 5.74) is 0. The van der Waals surface area contributed by atoms with Gasteiger partial charge in [0.05, 0.1) is 4.70 Å². The first-order valence-electron chi connectivity index (χ1n) is 4.23. The standard InChI is InChI=1S/C9H6N2O3S2/c12-7(9(13)14)10-16-8-5-3-1-2-4-6(5)15-11-8/h1-4H,(H,10,12)(H,13,14). The molecule has 2 aromatic rings. The first kappa shape index (κ1) is 10.9. The van der Waals surface area contributed by atoms with E-state index in [0.717, 1.165) is 22.0 Å². The van der Waals surface area contributed by atoms with E-state index in [1.165, 1.54) is 11.5 Å². The molecule has 0 fully saturated rings. The lowest BCUT2D eigenvalue weighted by Crippen LogP contribution is -2.24. The topological polar surface area (TPSA) is 79.3 Å². The highest BCUT2D eigenvalue weighted by atomic mass is 32.2. The van der Waals surface area contributed by atoms with E-state index in [-0.39, 0.29) is 0 Å². The summed E-state index contributed by atoms with van der Waals surface area (Å²) in [6, 6.07) is 7.54. The molecule has 1 aromatic heterocycles. The Kier molecular flexibility index (Phi) is 3.07. The van der Waals surface area contributed by atoms with Crippen LogP contribution in [-0.2, 0) is 9.59 Å². The number of aromatic nitrogens is 1. The van der Waals surface area contributed by atoms with Gasteiger partial charge in [0.1, 0.15) is 5.03 Å². The normalized spacial score (nSPS) is 10.2. The van der Waals surface area contributed by atoms with E-state index in [1.807, 2.05) is 24.3 Å². The molecular formula is C9H6N2O3S2. The highest BCUT2D eigenvalue weighted by Gasteiger charge is 2.13. The molecule has 0 unspecified atom stereocenters. The third-order valence-corrected chi connectivity index (χ3v) is 3.51. The van der Waals surface area contributed by atoms with Crippen molar-refractivity contribution in [2.24, 2.45) is 0 Å². The van der Waals surface area contributed by atoms with E-state index < -0.39 is 11.9 Å². The summed E-state index contributed by atoms with van der Waals surface area (Å²) in [6.07, 6.45) is 0. The van der Waals surface area contributed by atoms with Crippen molar-refractivity contribution >= 4 is 45.4 Å². The molecular weight excluding hydrogens is 248 g/mol. The van der Waals surface area contributed by atoms with Gasteiger partial charge in [-0.25, -0.2) is 4.79 Å². The molecule has 0 saturated heterocycles. The fourth-order valence-electron chi connectivity index (χ4n) is 1.07. The average Bonchev–Trinajstić information content (AvgIpc) is 2.69. The third-order valence-electron chi connectivity index (χ3n) is 1.78. The number of carboxylic acids is 1. The Labute approximate surface area is 98.8 Å². The minimum absolute atomic E-state index is 0.607. The number of carbonyl (C=O) groups excluding carboxylic acids is 1. The summed E-state index contributed by atoms with van der Waals surface area (Å²) in [4.78, 5) is 21.1. The lowest BCUT2D eigenvalue weighted by Gasteiger charge is -1.97. The van der Waals surface area contributed by atoms with E-state index >= 15 is 0 Å². The molecule has 82 valence electrons. The zero-order valence-corrected chi connectivity index (χ0v) is 9.47. The molecule has 16 heavy (non-hydrogen) atoms. The Balaban J connectivity index is 2.16. The molecule has 0 bridgehead atoms. The number of aliphatic carboxylic acids is 1. The highest BCUT2D eigenvalue weighted by molar-refractivity contribution is 7.98. The lowest BCUT2D eigenvalue weighted by atomic mass is 10.3. The molecule has 0 atom stereocenters. The van der Waals surface area contributed by atoms with Gasteiger partial charge >= 0.3 is 11.9 Å². The lowest BCUT2D eigenvalue weighted by molar-refractivity contribution is -0.149. The fourth-order valence-corrected chi connectivity index (χ4v) is 2.65. The van der Waals surface area contributed by atoms with Crippen molar-refractivity contribution in [2.45, 2.75) is 5.03 Å². The van der Waals surface area contributed by atoms with Crippen LogP contribution in [0.15, 0.2) is 29.3 Å². The molecule has 0 aliphatic rings. The molecule has 1 amide bonds. The van der Waals surface area contributed by atoms with Gasteiger partial charge in [-0.15, -0.1) is 0 Å². The molecule has 0 radical (unpaired) electrons. The minimum atomic E-state index is -1.51. The van der Waals surface area contributed by atoms with Crippen molar-refractivity contribution in [3.63, 3.8) is 0 Å². The second-order valence-electron chi connectivity index (χ2n) is 2.82. The quantitative estimate of drug-likeness (QED) is 0.627. The molecule has 2 N–H and O–H groups in total. The van der Waals surface area contributed by atoms with Gasteiger partial charge in [0.15, 0.2) is 0 Å². The number of carboxylic acid groups (broad SMARTS) is 1. The molecule has 0 aliphatic carbocycles. The first-order chi connectivity index (χ1) is 7.68. The summed E-state index contributed by atoms with van der Waals surface area (Å²) < 4.78 is 7.32. The number of hydrogen-bond acceptors (Lipinski definition) is 5. The van der Waals surface area contributed by atoms with Gasteiger partial charge in [-0.1, -0.05) is 18.2 Å². The number of rotatable bonds is 2. The van der Waals surface area contributed by atoms with E-state index in [9.17, 15) is 9.59 Å². The highest BCUT2D eigenvalue weighted by Crippen LogP contribution is 2.28. The van der Waals surface area contributed by atoms with Crippen LogP contribution in [0.3, 0.4) is 0 Å². The maximum Gasteiger partial charge on any atom is 0.395 e. The van der Waals surface area contributed by atoms with Crippen LogP contribution >= 0.6 is 23.5 Å². The Morgan fingerprint density at radius 2 is 2.12 bits per heavy atom. The van der Waals surface area contributed by atoms with Crippen molar-refractivity contribution in [1.29, 1.82) is 0 Å². The maximum atomic E-state index is 10.8. The minimum Gasteiger partial charge on any atom is -0.474 e. The molecule has 1 heterocycles. The number of nitrogens with zero attached hydrogens (tertiary/aromatic N) is 1. The molecule has 1 aromatic carbocycles. The Bertz CT molecular complexity index is 552. The monoisotopic (exact) mass is 254 g/mol. The maximum absolute atomic E-state index is 10.8. The van der Waals surface area contributed by atoms with Crippen LogP contribution in [-0.4, -0.2) is 21.4 Å². The molecule has 0 aliphatic heterocycles. The van der Waals surface area contributed by atoms with Crippen LogP contribution in [0.2, 0.25) is 0 Å². The summed E-state index contributed by atoms with van der Waals surface area (Å²) in [5.74, 6) is -2.56. The summed E-state index contributed by atoms with van der Waals surface area (Å²) >= 11 is 2.22. The smallest absolute Gasteiger partial charge is 0.395 e. The second-order valence-corrected chi connectivity index (χ2v) is 4.42. The molecule has 7 heteroatoms. The van der Waals surface area contributed by atoms with Crippen LogP contribution < -0.4 is 4.72 Å². The predicted molar refractivity (Wildman–Crippen MR) is 61.3 cm³/mol. The van der Waals surface area contributed by atoms with Crippen LogP contribution in [0, 0.1) is 0 Å². The summed E-state index contributed by atoms with van der Waals surface area (Å²) in [6.45, 7) is 0. The zero-order valence-electron chi connectivity index (χ0n) is 7.84. The number of fused-ring (bicyclic) bond motifs is 1. The molecule has 0 spiro atoms. The molecule has 2 rings (SSSR count). The number of carbonyl (C=O) groups is 2. The summed E-state index contributed by atoms with van der Waals surface area (Å²) in [5, 5.41) is 9.89. The number of nitrogens with one attached hydrogen (secondary N) is 1. The van der Waals surface area contributed by atoms with Gasteiger partial charge in [-0.05, 0) is 17.6 Å². The number of amides is 1. The molecule has 5 nitrogen and oxygen atoms in total. The largest absolute Gasteiger partial charge is 0.474 e. The van der Waals surface area contributed by atoms with Crippen molar-refractivity contribution in [1.82, 2.24) is 9.10 Å².